The summed E-state index contributed by atoms with van der Waals surface area (Å²) >= 11 is 3.45. The van der Waals surface area contributed by atoms with E-state index in [1.165, 1.54) is 18.4 Å². The van der Waals surface area contributed by atoms with Crippen molar-refractivity contribution in [2.45, 2.75) is 44.1 Å². The van der Waals surface area contributed by atoms with Gasteiger partial charge in [-0.3, -0.25) is 0 Å². The molecule has 1 fully saturated rings. The second-order valence-electron chi connectivity index (χ2n) is 4.67. The van der Waals surface area contributed by atoms with E-state index in [0.29, 0.717) is 5.41 Å². The Kier molecular flexibility index (Phi) is 3.17. The molecule has 2 heteroatoms. The summed E-state index contributed by atoms with van der Waals surface area (Å²) in [6.07, 6.45) is 4.42. The molecule has 0 heterocycles. The van der Waals surface area contributed by atoms with E-state index in [9.17, 15) is 5.11 Å². The lowest BCUT2D eigenvalue weighted by molar-refractivity contribution is 0.177. The fourth-order valence-electron chi connectivity index (χ4n) is 2.12. The minimum absolute atomic E-state index is 0.169. The Bertz CT molecular complexity index is 325. The standard InChI is InChI=1S/C13H17BrO/c1-10(15)6-7-13(8-9-13)11-2-4-12(14)5-3-11/h2-5,10,15H,6-9H2,1H3/t10-/m1/s1. The van der Waals surface area contributed by atoms with Crippen LogP contribution in [0.25, 0.3) is 0 Å². The summed E-state index contributed by atoms with van der Waals surface area (Å²) in [7, 11) is 0. The molecule has 0 aromatic heterocycles. The number of rotatable bonds is 4. The van der Waals surface area contributed by atoms with Crippen LogP contribution in [0.5, 0.6) is 0 Å². The molecule has 1 aliphatic rings. The average molecular weight is 269 g/mol. The first-order valence-corrected chi connectivity index (χ1v) is 6.36. The van der Waals surface area contributed by atoms with E-state index in [-0.39, 0.29) is 6.10 Å². The van der Waals surface area contributed by atoms with Gasteiger partial charge in [-0.25, -0.2) is 0 Å². The Morgan fingerprint density at radius 3 is 2.40 bits per heavy atom. The zero-order valence-electron chi connectivity index (χ0n) is 9.04. The molecule has 0 saturated heterocycles. The maximum Gasteiger partial charge on any atom is 0.0512 e. The third-order valence-electron chi connectivity index (χ3n) is 3.35. The van der Waals surface area contributed by atoms with Gasteiger partial charge in [-0.1, -0.05) is 28.1 Å². The molecule has 82 valence electrons. The topological polar surface area (TPSA) is 20.2 Å². The van der Waals surface area contributed by atoms with Crippen molar-refractivity contribution in [1.29, 1.82) is 0 Å². The molecule has 15 heavy (non-hydrogen) atoms. The molecule has 1 atom stereocenters. The van der Waals surface area contributed by atoms with Crippen LogP contribution in [0, 0.1) is 0 Å². The molecule has 0 radical (unpaired) electrons. The minimum Gasteiger partial charge on any atom is -0.393 e. The monoisotopic (exact) mass is 268 g/mol. The van der Waals surface area contributed by atoms with Gasteiger partial charge in [0.05, 0.1) is 6.10 Å². The van der Waals surface area contributed by atoms with Gasteiger partial charge in [0.15, 0.2) is 0 Å². The molecule has 0 bridgehead atoms. The Hall–Kier alpha value is -0.340. The van der Waals surface area contributed by atoms with Crippen LogP contribution in [-0.4, -0.2) is 11.2 Å². The van der Waals surface area contributed by atoms with Crippen molar-refractivity contribution in [3.8, 4) is 0 Å². The summed E-state index contributed by atoms with van der Waals surface area (Å²) in [5.41, 5.74) is 1.82. The summed E-state index contributed by atoms with van der Waals surface area (Å²) in [4.78, 5) is 0. The lowest BCUT2D eigenvalue weighted by Crippen LogP contribution is -2.10. The second kappa shape index (κ2) is 4.26. The molecule has 1 aliphatic carbocycles. The Labute approximate surface area is 99.6 Å². The van der Waals surface area contributed by atoms with Crippen LogP contribution in [0.2, 0.25) is 0 Å². The second-order valence-corrected chi connectivity index (χ2v) is 5.59. The van der Waals surface area contributed by atoms with Gasteiger partial charge in [-0.05, 0) is 55.7 Å². The Morgan fingerprint density at radius 1 is 1.33 bits per heavy atom. The fourth-order valence-corrected chi connectivity index (χ4v) is 2.39. The highest BCUT2D eigenvalue weighted by molar-refractivity contribution is 9.10. The number of halogens is 1. The predicted octanol–water partition coefficient (Wildman–Crippen LogP) is 3.64. The van der Waals surface area contributed by atoms with Crippen molar-refractivity contribution in [2.75, 3.05) is 0 Å². The molecule has 1 N–H and O–H groups in total. The molecule has 1 aromatic carbocycles. The first kappa shape index (κ1) is 11.2. The van der Waals surface area contributed by atoms with Crippen LogP contribution in [0.4, 0.5) is 0 Å². The number of hydrogen-bond donors (Lipinski definition) is 1. The highest BCUT2D eigenvalue weighted by Gasteiger charge is 2.43. The first-order valence-electron chi connectivity index (χ1n) is 5.56. The maximum atomic E-state index is 9.33. The van der Waals surface area contributed by atoms with Crippen LogP contribution in [0.1, 0.15) is 38.2 Å². The number of hydrogen-bond acceptors (Lipinski definition) is 1. The normalized spacial score (nSPS) is 19.9. The van der Waals surface area contributed by atoms with Gasteiger partial charge in [0.1, 0.15) is 0 Å². The van der Waals surface area contributed by atoms with E-state index in [2.05, 4.69) is 40.2 Å². The molecule has 0 amide bonds. The van der Waals surface area contributed by atoms with E-state index < -0.39 is 0 Å². The molecule has 1 saturated carbocycles. The molecule has 0 unspecified atom stereocenters. The van der Waals surface area contributed by atoms with Crippen molar-refractivity contribution in [1.82, 2.24) is 0 Å². The van der Waals surface area contributed by atoms with Gasteiger partial charge in [0.2, 0.25) is 0 Å². The smallest absolute Gasteiger partial charge is 0.0512 e. The number of aliphatic hydroxyl groups is 1. The zero-order chi connectivity index (χ0) is 10.9. The van der Waals surface area contributed by atoms with Crippen molar-refractivity contribution in [2.24, 2.45) is 0 Å². The number of benzene rings is 1. The minimum atomic E-state index is -0.169. The van der Waals surface area contributed by atoms with E-state index >= 15 is 0 Å². The summed E-state index contributed by atoms with van der Waals surface area (Å²) in [5, 5.41) is 9.33. The van der Waals surface area contributed by atoms with Gasteiger partial charge in [-0.2, -0.15) is 0 Å². The summed E-state index contributed by atoms with van der Waals surface area (Å²) in [5.74, 6) is 0. The molecular weight excluding hydrogens is 252 g/mol. The third-order valence-corrected chi connectivity index (χ3v) is 3.88. The van der Waals surface area contributed by atoms with Crippen molar-refractivity contribution >= 4 is 15.9 Å². The van der Waals surface area contributed by atoms with E-state index in [0.717, 1.165) is 17.3 Å². The SMILES string of the molecule is C[C@@H](O)CCC1(c2ccc(Br)cc2)CC1. The van der Waals surface area contributed by atoms with Gasteiger partial charge in [0, 0.05) is 4.47 Å². The van der Waals surface area contributed by atoms with E-state index in [1.54, 1.807) is 0 Å². The van der Waals surface area contributed by atoms with E-state index in [4.69, 9.17) is 0 Å². The van der Waals surface area contributed by atoms with Gasteiger partial charge < -0.3 is 5.11 Å². The molecule has 2 rings (SSSR count). The first-order chi connectivity index (χ1) is 7.12. The Morgan fingerprint density at radius 2 is 1.93 bits per heavy atom. The summed E-state index contributed by atoms with van der Waals surface area (Å²) < 4.78 is 1.14. The lowest BCUT2D eigenvalue weighted by atomic mass is 9.90. The van der Waals surface area contributed by atoms with Crippen molar-refractivity contribution < 1.29 is 5.11 Å². The van der Waals surface area contributed by atoms with E-state index in [1.807, 2.05) is 6.92 Å². The fraction of sp³-hybridized carbons (Fsp3) is 0.538. The predicted molar refractivity (Wildman–Crippen MR) is 66.0 cm³/mol. The van der Waals surface area contributed by atoms with Crippen LogP contribution in [-0.2, 0) is 5.41 Å². The zero-order valence-corrected chi connectivity index (χ0v) is 10.6. The van der Waals surface area contributed by atoms with Crippen LogP contribution >= 0.6 is 15.9 Å². The van der Waals surface area contributed by atoms with Gasteiger partial charge in [-0.15, -0.1) is 0 Å². The van der Waals surface area contributed by atoms with Crippen LogP contribution < -0.4 is 0 Å². The highest BCUT2D eigenvalue weighted by atomic mass is 79.9. The molecule has 1 aromatic rings. The molecule has 0 aliphatic heterocycles. The summed E-state index contributed by atoms with van der Waals surface area (Å²) in [6, 6.07) is 8.63. The van der Waals surface area contributed by atoms with Gasteiger partial charge >= 0.3 is 0 Å². The quantitative estimate of drug-likeness (QED) is 0.884. The lowest BCUT2D eigenvalue weighted by Gasteiger charge is -2.16. The molecule has 0 spiro atoms. The Balaban J connectivity index is 2.06. The maximum absolute atomic E-state index is 9.33. The summed E-state index contributed by atoms with van der Waals surface area (Å²) in [6.45, 7) is 1.87. The highest BCUT2D eigenvalue weighted by Crippen LogP contribution is 2.52. The molecular formula is C13H17BrO. The van der Waals surface area contributed by atoms with Crippen LogP contribution in [0.3, 0.4) is 0 Å². The van der Waals surface area contributed by atoms with Crippen molar-refractivity contribution in [3.05, 3.63) is 34.3 Å². The molecule has 1 nitrogen and oxygen atoms in total. The third kappa shape index (κ3) is 2.61. The largest absolute Gasteiger partial charge is 0.393 e. The van der Waals surface area contributed by atoms with Crippen LogP contribution in [0.15, 0.2) is 28.7 Å². The van der Waals surface area contributed by atoms with Gasteiger partial charge in [0.25, 0.3) is 0 Å². The number of aliphatic hydroxyl groups excluding tert-OH is 1. The average Bonchev–Trinajstić information content (AvgIpc) is 2.97. The van der Waals surface area contributed by atoms with Crippen molar-refractivity contribution in [3.63, 3.8) is 0 Å².